The normalized spacial score (nSPS) is 13.3. The average Bonchev–Trinajstić information content (AvgIpc) is 2.38. The van der Waals surface area contributed by atoms with E-state index < -0.39 is 31.2 Å². The fourth-order valence-electron chi connectivity index (χ4n) is 1.36. The molecular weight excluding hydrogens is 305 g/mol. The van der Waals surface area contributed by atoms with Crippen LogP contribution in [0.4, 0.5) is 30.7 Å². The van der Waals surface area contributed by atoms with Crippen LogP contribution in [0.25, 0.3) is 5.57 Å². The molecule has 0 atom stereocenters. The second-order valence-corrected chi connectivity index (χ2v) is 4.24. The van der Waals surface area contributed by atoms with Crippen molar-refractivity contribution in [2.45, 2.75) is 18.0 Å². The van der Waals surface area contributed by atoms with Gasteiger partial charge in [0.2, 0.25) is 0 Å². The molecule has 0 aliphatic rings. The van der Waals surface area contributed by atoms with Crippen LogP contribution >= 0.6 is 0 Å². The molecule has 0 saturated heterocycles. The summed E-state index contributed by atoms with van der Waals surface area (Å²) in [5.74, 6) is -11.5. The van der Waals surface area contributed by atoms with E-state index in [0.717, 1.165) is 0 Å². The van der Waals surface area contributed by atoms with Gasteiger partial charge in [-0.1, -0.05) is 36.9 Å². The van der Waals surface area contributed by atoms with E-state index in [0.29, 0.717) is 5.56 Å². The lowest BCUT2D eigenvalue weighted by atomic mass is 10.1. The highest BCUT2D eigenvalue weighted by Crippen LogP contribution is 2.46. The quantitative estimate of drug-likeness (QED) is 0.700. The first-order chi connectivity index (χ1) is 9.49. The van der Waals surface area contributed by atoms with Gasteiger partial charge in [0, 0.05) is 0 Å². The summed E-state index contributed by atoms with van der Waals surface area (Å²) in [6, 6.07) is 8.04. The van der Waals surface area contributed by atoms with E-state index in [-0.39, 0.29) is 5.57 Å². The molecule has 0 bridgehead atoms. The highest BCUT2D eigenvalue weighted by molar-refractivity contribution is 5.63. The zero-order chi connectivity index (χ0) is 16.3. The second-order valence-electron chi connectivity index (χ2n) is 4.24. The van der Waals surface area contributed by atoms with Crippen LogP contribution < -0.4 is 0 Å². The summed E-state index contributed by atoms with van der Waals surface area (Å²) in [6.45, 7) is 0.822. The Bertz CT molecular complexity index is 479. The number of alkyl halides is 7. The van der Waals surface area contributed by atoms with Crippen molar-refractivity contribution in [1.29, 1.82) is 0 Å². The summed E-state index contributed by atoms with van der Waals surface area (Å²) in [7, 11) is 0. The fourth-order valence-corrected chi connectivity index (χ4v) is 1.36. The standard InChI is InChI=1S/C13H11F7O/c1-9(10-5-3-2-4-6-10)7-21-8-11(14,15)12(16,17)13(18,19)20/h2-6H,1,7-8H2. The molecule has 0 spiro atoms. The number of halogens is 7. The van der Waals surface area contributed by atoms with Gasteiger partial charge in [-0.15, -0.1) is 0 Å². The Hall–Kier alpha value is -1.57. The first kappa shape index (κ1) is 17.5. The lowest BCUT2D eigenvalue weighted by molar-refractivity contribution is -0.361. The first-order valence-corrected chi connectivity index (χ1v) is 5.62. The molecule has 0 amide bonds. The minimum Gasteiger partial charge on any atom is -0.370 e. The molecule has 1 rings (SSSR count). The lowest BCUT2D eigenvalue weighted by Gasteiger charge is -2.27. The smallest absolute Gasteiger partial charge is 0.370 e. The summed E-state index contributed by atoms with van der Waals surface area (Å²) in [5, 5.41) is 0. The van der Waals surface area contributed by atoms with Crippen molar-refractivity contribution in [2.24, 2.45) is 0 Å². The van der Waals surface area contributed by atoms with Gasteiger partial charge >= 0.3 is 18.0 Å². The highest BCUT2D eigenvalue weighted by atomic mass is 19.4. The van der Waals surface area contributed by atoms with E-state index in [1.807, 2.05) is 0 Å². The molecule has 0 aliphatic heterocycles. The fraction of sp³-hybridized carbons (Fsp3) is 0.385. The predicted octanol–water partition coefficient (Wildman–Crippen LogP) is 4.55. The second kappa shape index (κ2) is 6.05. The third kappa shape index (κ3) is 3.96. The lowest BCUT2D eigenvalue weighted by Crippen LogP contribution is -2.54. The van der Waals surface area contributed by atoms with Crippen LogP contribution in [-0.4, -0.2) is 31.2 Å². The van der Waals surface area contributed by atoms with E-state index >= 15 is 0 Å². The molecular formula is C13H11F7O. The molecule has 0 saturated carbocycles. The van der Waals surface area contributed by atoms with Gasteiger partial charge in [-0.05, 0) is 11.1 Å². The van der Waals surface area contributed by atoms with Gasteiger partial charge in [0.05, 0.1) is 6.61 Å². The van der Waals surface area contributed by atoms with E-state index in [9.17, 15) is 30.7 Å². The summed E-state index contributed by atoms with van der Waals surface area (Å²) >= 11 is 0. The Morgan fingerprint density at radius 3 is 1.95 bits per heavy atom. The van der Waals surface area contributed by atoms with Gasteiger partial charge in [0.15, 0.2) is 0 Å². The molecule has 0 heterocycles. The van der Waals surface area contributed by atoms with Crippen LogP contribution in [0.1, 0.15) is 5.56 Å². The van der Waals surface area contributed by atoms with Crippen molar-refractivity contribution < 1.29 is 35.5 Å². The third-order valence-electron chi connectivity index (χ3n) is 2.56. The van der Waals surface area contributed by atoms with Crippen LogP contribution in [0.2, 0.25) is 0 Å². The van der Waals surface area contributed by atoms with Gasteiger partial charge < -0.3 is 4.74 Å². The summed E-state index contributed by atoms with van der Waals surface area (Å²) in [5.41, 5.74) is 0.685. The maximum absolute atomic E-state index is 12.9. The Labute approximate surface area is 116 Å². The number of hydrogen-bond acceptors (Lipinski definition) is 1. The van der Waals surface area contributed by atoms with Crippen LogP contribution in [0.15, 0.2) is 36.9 Å². The molecule has 0 fully saturated rings. The van der Waals surface area contributed by atoms with Gasteiger partial charge in [-0.3, -0.25) is 0 Å². The van der Waals surface area contributed by atoms with E-state index in [4.69, 9.17) is 0 Å². The molecule has 0 radical (unpaired) electrons. The molecule has 1 aromatic carbocycles. The molecule has 0 N–H and O–H groups in total. The molecule has 8 heteroatoms. The summed E-state index contributed by atoms with van der Waals surface area (Å²) in [6.07, 6.45) is -6.35. The maximum atomic E-state index is 12.9. The van der Waals surface area contributed by atoms with E-state index in [1.165, 1.54) is 0 Å². The van der Waals surface area contributed by atoms with Gasteiger partial charge in [0.25, 0.3) is 0 Å². The van der Waals surface area contributed by atoms with Crippen molar-refractivity contribution in [1.82, 2.24) is 0 Å². The largest absolute Gasteiger partial charge is 0.459 e. The third-order valence-corrected chi connectivity index (χ3v) is 2.56. The monoisotopic (exact) mass is 316 g/mol. The van der Waals surface area contributed by atoms with Gasteiger partial charge in [0.1, 0.15) is 6.61 Å². The van der Waals surface area contributed by atoms with Gasteiger partial charge in [-0.2, -0.15) is 30.7 Å². The SMILES string of the molecule is C=C(COCC(F)(F)C(F)(F)C(F)(F)F)c1ccccc1. The van der Waals surface area contributed by atoms with Crippen LogP contribution in [-0.2, 0) is 4.74 Å². The Kier molecular flexibility index (Phi) is 5.03. The summed E-state index contributed by atoms with van der Waals surface area (Å²) in [4.78, 5) is 0. The number of benzene rings is 1. The number of rotatable bonds is 6. The highest BCUT2D eigenvalue weighted by Gasteiger charge is 2.72. The summed E-state index contributed by atoms with van der Waals surface area (Å²) < 4.78 is 90.9. The number of hydrogen-bond donors (Lipinski definition) is 0. The van der Waals surface area contributed by atoms with E-state index in [1.54, 1.807) is 30.3 Å². The molecule has 0 aliphatic carbocycles. The topological polar surface area (TPSA) is 9.23 Å². The molecule has 21 heavy (non-hydrogen) atoms. The molecule has 0 unspecified atom stereocenters. The van der Waals surface area contributed by atoms with Crippen LogP contribution in [0.5, 0.6) is 0 Å². The number of ether oxygens (including phenoxy) is 1. The molecule has 1 aromatic rings. The van der Waals surface area contributed by atoms with Crippen molar-refractivity contribution >= 4 is 5.57 Å². The zero-order valence-corrected chi connectivity index (χ0v) is 10.6. The van der Waals surface area contributed by atoms with Crippen molar-refractivity contribution in [3.63, 3.8) is 0 Å². The first-order valence-electron chi connectivity index (χ1n) is 5.62. The molecule has 1 nitrogen and oxygen atoms in total. The Balaban J connectivity index is 2.61. The van der Waals surface area contributed by atoms with E-state index in [2.05, 4.69) is 11.3 Å². The van der Waals surface area contributed by atoms with Crippen LogP contribution in [0.3, 0.4) is 0 Å². The van der Waals surface area contributed by atoms with Crippen molar-refractivity contribution in [3.05, 3.63) is 42.5 Å². The average molecular weight is 316 g/mol. The molecule has 118 valence electrons. The molecule has 0 aromatic heterocycles. The Morgan fingerprint density at radius 1 is 0.952 bits per heavy atom. The van der Waals surface area contributed by atoms with Crippen molar-refractivity contribution in [3.8, 4) is 0 Å². The predicted molar refractivity (Wildman–Crippen MR) is 62.2 cm³/mol. The van der Waals surface area contributed by atoms with Gasteiger partial charge in [-0.25, -0.2) is 0 Å². The minimum absolute atomic E-state index is 0.182. The maximum Gasteiger partial charge on any atom is 0.459 e. The zero-order valence-electron chi connectivity index (χ0n) is 10.6. The van der Waals surface area contributed by atoms with Crippen molar-refractivity contribution in [2.75, 3.05) is 13.2 Å². The Morgan fingerprint density at radius 2 is 1.48 bits per heavy atom. The van der Waals surface area contributed by atoms with Crippen LogP contribution in [0, 0.1) is 0 Å². The minimum atomic E-state index is -6.35.